The highest BCUT2D eigenvalue weighted by atomic mass is 19.3. The van der Waals surface area contributed by atoms with Gasteiger partial charge in [-0.3, -0.25) is 14.0 Å². The minimum atomic E-state index is -2.73. The van der Waals surface area contributed by atoms with Gasteiger partial charge in [-0.1, -0.05) is 79.7 Å². The van der Waals surface area contributed by atoms with Gasteiger partial charge in [0.25, 0.3) is 5.91 Å². The standard InChI is InChI=1S/C28H25F2N5O/c1-19(26-32-23-14-8-9-15-24(23)35(26)28(29)30)16-31-27(36)22-18-34(17-20-10-4-2-5-11-20)33-25(22)21-12-6-3-7-13-21/h2-15,18-19,28H,16-17H2,1H3,(H,31,36). The zero-order valence-corrected chi connectivity index (χ0v) is 19.7. The van der Waals surface area contributed by atoms with Crippen LogP contribution in [0.1, 0.15) is 41.1 Å². The van der Waals surface area contributed by atoms with Gasteiger partial charge >= 0.3 is 6.55 Å². The molecule has 1 N–H and O–H groups in total. The number of amides is 1. The zero-order valence-electron chi connectivity index (χ0n) is 19.7. The molecule has 2 aromatic heterocycles. The van der Waals surface area contributed by atoms with Crippen molar-refractivity contribution in [2.24, 2.45) is 0 Å². The molecule has 182 valence electrons. The van der Waals surface area contributed by atoms with Crippen molar-refractivity contribution in [3.05, 3.63) is 108 Å². The summed E-state index contributed by atoms with van der Waals surface area (Å²) in [5, 5.41) is 7.59. The van der Waals surface area contributed by atoms with Gasteiger partial charge in [-0.2, -0.15) is 13.9 Å². The molecule has 0 aliphatic rings. The number of rotatable bonds is 8. The van der Waals surface area contributed by atoms with Gasteiger partial charge in [0.2, 0.25) is 0 Å². The fourth-order valence-electron chi connectivity index (χ4n) is 4.30. The molecule has 0 fully saturated rings. The van der Waals surface area contributed by atoms with Crippen LogP contribution in [-0.4, -0.2) is 31.8 Å². The molecule has 0 aliphatic carbocycles. The van der Waals surface area contributed by atoms with Crippen LogP contribution in [-0.2, 0) is 6.54 Å². The number of carbonyl (C=O) groups excluding carboxylic acids is 1. The van der Waals surface area contributed by atoms with Crippen LogP contribution in [0.2, 0.25) is 0 Å². The van der Waals surface area contributed by atoms with Crippen molar-refractivity contribution in [1.29, 1.82) is 0 Å². The number of nitrogens with zero attached hydrogens (tertiary/aromatic N) is 4. The molecule has 0 saturated carbocycles. The summed E-state index contributed by atoms with van der Waals surface area (Å²) in [6.45, 7) is -0.293. The molecule has 0 saturated heterocycles. The number of benzene rings is 3. The van der Waals surface area contributed by atoms with Crippen molar-refractivity contribution < 1.29 is 13.6 Å². The molecule has 0 aliphatic heterocycles. The van der Waals surface area contributed by atoms with E-state index in [2.05, 4.69) is 15.4 Å². The maximum atomic E-state index is 13.9. The number of imidazole rings is 1. The quantitative estimate of drug-likeness (QED) is 0.299. The van der Waals surface area contributed by atoms with Gasteiger partial charge in [0.15, 0.2) is 0 Å². The molecule has 1 atom stereocenters. The predicted octanol–water partition coefficient (Wildman–Crippen LogP) is 5.88. The lowest BCUT2D eigenvalue weighted by Gasteiger charge is -2.15. The molecule has 36 heavy (non-hydrogen) atoms. The van der Waals surface area contributed by atoms with E-state index >= 15 is 0 Å². The first-order valence-corrected chi connectivity index (χ1v) is 11.7. The average molecular weight is 486 g/mol. The second-order valence-electron chi connectivity index (χ2n) is 8.66. The highest BCUT2D eigenvalue weighted by Crippen LogP contribution is 2.28. The Bertz CT molecular complexity index is 1480. The Labute approximate surface area is 207 Å². The SMILES string of the molecule is CC(CNC(=O)c1cn(Cc2ccccc2)nc1-c1ccccc1)c1nc2ccccc2n1C(F)F. The maximum Gasteiger partial charge on any atom is 0.320 e. The number of nitrogens with one attached hydrogen (secondary N) is 1. The highest BCUT2D eigenvalue weighted by molar-refractivity contribution is 5.99. The van der Waals surface area contributed by atoms with E-state index in [4.69, 9.17) is 0 Å². The van der Waals surface area contributed by atoms with Gasteiger partial charge in [0.05, 0.1) is 23.1 Å². The second kappa shape index (κ2) is 10.1. The number of hydrogen-bond donors (Lipinski definition) is 1. The van der Waals surface area contributed by atoms with Crippen LogP contribution in [0.5, 0.6) is 0 Å². The maximum absolute atomic E-state index is 13.9. The molecule has 2 heterocycles. The van der Waals surface area contributed by atoms with Gasteiger partial charge < -0.3 is 5.32 Å². The summed E-state index contributed by atoms with van der Waals surface area (Å²) in [7, 11) is 0. The zero-order chi connectivity index (χ0) is 25.1. The van der Waals surface area contributed by atoms with Crippen molar-refractivity contribution in [2.45, 2.75) is 25.9 Å². The largest absolute Gasteiger partial charge is 0.351 e. The molecular formula is C28H25F2N5O. The molecule has 5 rings (SSSR count). The minimum Gasteiger partial charge on any atom is -0.351 e. The monoisotopic (exact) mass is 485 g/mol. The molecule has 3 aromatic carbocycles. The number of fused-ring (bicyclic) bond motifs is 1. The van der Waals surface area contributed by atoms with Crippen LogP contribution in [0.25, 0.3) is 22.3 Å². The molecule has 6 nitrogen and oxygen atoms in total. The first kappa shape index (κ1) is 23.4. The summed E-state index contributed by atoms with van der Waals surface area (Å²) in [5.74, 6) is -0.524. The minimum absolute atomic E-state index is 0.146. The van der Waals surface area contributed by atoms with Crippen LogP contribution >= 0.6 is 0 Å². The summed E-state index contributed by atoms with van der Waals surface area (Å²) in [5.41, 5.74) is 3.74. The normalized spacial score (nSPS) is 12.2. The van der Waals surface area contributed by atoms with E-state index in [9.17, 15) is 13.6 Å². The van der Waals surface area contributed by atoms with Crippen molar-refractivity contribution in [1.82, 2.24) is 24.6 Å². The molecule has 0 radical (unpaired) electrons. The number of alkyl halides is 2. The van der Waals surface area contributed by atoms with Crippen LogP contribution in [0.4, 0.5) is 8.78 Å². The van der Waals surface area contributed by atoms with Crippen molar-refractivity contribution in [3.8, 4) is 11.3 Å². The number of para-hydroxylation sites is 2. The summed E-state index contributed by atoms with van der Waals surface area (Å²) in [4.78, 5) is 17.7. The third-order valence-corrected chi connectivity index (χ3v) is 6.07. The van der Waals surface area contributed by atoms with Crippen LogP contribution in [0.3, 0.4) is 0 Å². The van der Waals surface area contributed by atoms with E-state index in [0.29, 0.717) is 28.8 Å². The van der Waals surface area contributed by atoms with Crippen LogP contribution in [0, 0.1) is 0 Å². The number of halogens is 2. The summed E-state index contributed by atoms with van der Waals surface area (Å²) in [6, 6.07) is 26.2. The highest BCUT2D eigenvalue weighted by Gasteiger charge is 2.23. The molecule has 0 spiro atoms. The van der Waals surface area contributed by atoms with Gasteiger partial charge in [-0.05, 0) is 17.7 Å². The van der Waals surface area contributed by atoms with Gasteiger partial charge in [-0.25, -0.2) is 4.98 Å². The lowest BCUT2D eigenvalue weighted by atomic mass is 10.1. The van der Waals surface area contributed by atoms with Gasteiger partial charge in [-0.15, -0.1) is 0 Å². The number of aromatic nitrogens is 4. The summed E-state index contributed by atoms with van der Waals surface area (Å²) >= 11 is 0. The fourth-order valence-corrected chi connectivity index (χ4v) is 4.30. The molecule has 8 heteroatoms. The first-order chi connectivity index (χ1) is 17.5. The lowest BCUT2D eigenvalue weighted by molar-refractivity contribution is 0.0704. The molecule has 1 amide bonds. The van der Waals surface area contributed by atoms with E-state index in [1.54, 1.807) is 42.1 Å². The van der Waals surface area contributed by atoms with E-state index < -0.39 is 12.5 Å². The predicted molar refractivity (Wildman–Crippen MR) is 135 cm³/mol. The molecule has 5 aromatic rings. The smallest absolute Gasteiger partial charge is 0.320 e. The summed E-state index contributed by atoms with van der Waals surface area (Å²) in [6.07, 6.45) is 1.73. The third kappa shape index (κ3) is 4.75. The van der Waals surface area contributed by atoms with Gasteiger partial charge in [0.1, 0.15) is 11.5 Å². The first-order valence-electron chi connectivity index (χ1n) is 11.7. The topological polar surface area (TPSA) is 64.7 Å². The summed E-state index contributed by atoms with van der Waals surface area (Å²) < 4.78 is 30.4. The molecule has 1 unspecified atom stereocenters. The Morgan fingerprint density at radius 2 is 1.61 bits per heavy atom. The Morgan fingerprint density at radius 1 is 0.944 bits per heavy atom. The van der Waals surface area contributed by atoms with E-state index in [1.165, 1.54) is 0 Å². The van der Waals surface area contributed by atoms with Crippen molar-refractivity contribution in [3.63, 3.8) is 0 Å². The molecule has 0 bridgehead atoms. The van der Waals surface area contributed by atoms with Crippen LogP contribution < -0.4 is 5.32 Å². The Kier molecular flexibility index (Phi) is 6.58. The Morgan fingerprint density at radius 3 is 2.33 bits per heavy atom. The van der Waals surface area contributed by atoms with E-state index in [-0.39, 0.29) is 18.3 Å². The Hall–Kier alpha value is -4.33. The Balaban J connectivity index is 1.39. The molecular weight excluding hydrogens is 460 g/mol. The van der Waals surface area contributed by atoms with Gasteiger partial charge in [0, 0.05) is 24.2 Å². The van der Waals surface area contributed by atoms with E-state index in [1.807, 2.05) is 60.7 Å². The second-order valence-corrected chi connectivity index (χ2v) is 8.66. The van der Waals surface area contributed by atoms with Crippen molar-refractivity contribution in [2.75, 3.05) is 6.54 Å². The average Bonchev–Trinajstić information content (AvgIpc) is 3.50. The van der Waals surface area contributed by atoms with Crippen LogP contribution in [0.15, 0.2) is 91.1 Å². The fraction of sp³-hybridized carbons (Fsp3) is 0.179. The van der Waals surface area contributed by atoms with E-state index in [0.717, 1.165) is 15.7 Å². The third-order valence-electron chi connectivity index (χ3n) is 6.07. The van der Waals surface area contributed by atoms with Crippen molar-refractivity contribution >= 4 is 16.9 Å². The number of carbonyl (C=O) groups is 1. The lowest BCUT2D eigenvalue weighted by Crippen LogP contribution is -2.29. The number of hydrogen-bond acceptors (Lipinski definition) is 3.